The van der Waals surface area contributed by atoms with Gasteiger partial charge in [0.2, 0.25) is 5.78 Å². The van der Waals surface area contributed by atoms with E-state index in [4.69, 9.17) is 13.9 Å². The number of morpholine rings is 1. The van der Waals surface area contributed by atoms with Gasteiger partial charge in [-0.2, -0.15) is 0 Å². The molecule has 3 heterocycles. The summed E-state index contributed by atoms with van der Waals surface area (Å²) in [4.78, 5) is 30.6. The van der Waals surface area contributed by atoms with Gasteiger partial charge in [0, 0.05) is 26.2 Å². The minimum absolute atomic E-state index is 0.0358. The molecule has 0 bridgehead atoms. The highest BCUT2D eigenvalue weighted by Gasteiger charge is 2.44. The summed E-state index contributed by atoms with van der Waals surface area (Å²) in [6.07, 6.45) is 0.703. The number of aryl methyl sites for hydroxylation is 1. The van der Waals surface area contributed by atoms with Crippen molar-refractivity contribution in [3.05, 3.63) is 101 Å². The van der Waals surface area contributed by atoms with E-state index in [1.807, 2.05) is 54.6 Å². The van der Waals surface area contributed by atoms with E-state index in [0.29, 0.717) is 49.9 Å². The quantitative estimate of drug-likeness (QED) is 0.398. The summed E-state index contributed by atoms with van der Waals surface area (Å²) >= 11 is 0. The first-order valence-corrected chi connectivity index (χ1v) is 12.9. The van der Waals surface area contributed by atoms with Crippen molar-refractivity contribution in [3.63, 3.8) is 0 Å². The molecule has 2 aromatic carbocycles. The SMILES string of the molecule is Cc1ccc(C(=O)C2=C(O)C(=O)N(CCCN3CCOCC3)C2c2ccc(OCc3ccccc3)cc2)o1. The highest BCUT2D eigenvalue weighted by Crippen LogP contribution is 2.39. The van der Waals surface area contributed by atoms with E-state index in [9.17, 15) is 14.7 Å². The molecule has 3 aromatic rings. The Bertz CT molecular complexity index is 1290. The lowest BCUT2D eigenvalue weighted by molar-refractivity contribution is -0.129. The molecule has 8 heteroatoms. The van der Waals surface area contributed by atoms with E-state index in [-0.39, 0.29) is 11.3 Å². The molecular weight excluding hydrogens is 484 g/mol. The van der Waals surface area contributed by atoms with E-state index in [0.717, 1.165) is 25.2 Å². The van der Waals surface area contributed by atoms with Gasteiger partial charge >= 0.3 is 0 Å². The van der Waals surface area contributed by atoms with Gasteiger partial charge in [-0.3, -0.25) is 14.5 Å². The van der Waals surface area contributed by atoms with Gasteiger partial charge in [0.25, 0.3) is 5.91 Å². The molecule has 0 saturated carbocycles. The summed E-state index contributed by atoms with van der Waals surface area (Å²) in [6, 6.07) is 19.7. The monoisotopic (exact) mass is 516 g/mol. The number of carbonyl (C=O) groups is 2. The molecule has 1 atom stereocenters. The number of ketones is 1. The van der Waals surface area contributed by atoms with Gasteiger partial charge in [-0.25, -0.2) is 0 Å². The third-order valence-corrected chi connectivity index (χ3v) is 6.93. The van der Waals surface area contributed by atoms with Gasteiger partial charge in [-0.05, 0) is 48.7 Å². The summed E-state index contributed by atoms with van der Waals surface area (Å²) < 4.78 is 16.9. The number of ether oxygens (including phenoxy) is 2. The lowest BCUT2D eigenvalue weighted by atomic mass is 9.95. The van der Waals surface area contributed by atoms with E-state index < -0.39 is 23.5 Å². The summed E-state index contributed by atoms with van der Waals surface area (Å²) in [7, 11) is 0. The molecule has 0 aliphatic carbocycles. The molecule has 8 nitrogen and oxygen atoms in total. The zero-order valence-electron chi connectivity index (χ0n) is 21.5. The lowest BCUT2D eigenvalue weighted by Gasteiger charge is -2.30. The van der Waals surface area contributed by atoms with Crippen LogP contribution in [0.2, 0.25) is 0 Å². The van der Waals surface area contributed by atoms with Crippen LogP contribution in [0.5, 0.6) is 5.75 Å². The molecule has 1 fully saturated rings. The largest absolute Gasteiger partial charge is 0.503 e. The van der Waals surface area contributed by atoms with Crippen LogP contribution in [0.1, 0.15) is 39.9 Å². The fraction of sp³-hybridized carbons (Fsp3) is 0.333. The molecule has 1 amide bonds. The van der Waals surface area contributed by atoms with Crippen LogP contribution in [0.15, 0.2) is 82.5 Å². The molecular formula is C30H32N2O6. The summed E-state index contributed by atoms with van der Waals surface area (Å²) in [5.74, 6) is -0.216. The smallest absolute Gasteiger partial charge is 0.290 e. The molecule has 0 spiro atoms. The van der Waals surface area contributed by atoms with Crippen LogP contribution in [0.25, 0.3) is 0 Å². The zero-order chi connectivity index (χ0) is 26.5. The highest BCUT2D eigenvalue weighted by molar-refractivity contribution is 6.15. The van der Waals surface area contributed by atoms with Crippen LogP contribution in [-0.2, 0) is 16.1 Å². The Kier molecular flexibility index (Phi) is 7.91. The topological polar surface area (TPSA) is 92.5 Å². The molecule has 1 unspecified atom stereocenters. The molecule has 1 N–H and O–H groups in total. The number of Topliss-reactive ketones (excluding diaryl/α,β-unsaturated/α-hetero) is 1. The normalized spacial score (nSPS) is 18.3. The number of carbonyl (C=O) groups excluding carboxylic acids is 2. The van der Waals surface area contributed by atoms with Crippen molar-refractivity contribution in [1.29, 1.82) is 0 Å². The van der Waals surface area contributed by atoms with Crippen LogP contribution >= 0.6 is 0 Å². The Balaban J connectivity index is 1.37. The van der Waals surface area contributed by atoms with Gasteiger partial charge in [0.1, 0.15) is 18.1 Å². The van der Waals surface area contributed by atoms with E-state index in [1.54, 1.807) is 24.0 Å². The maximum absolute atomic E-state index is 13.5. The minimum atomic E-state index is -0.728. The van der Waals surface area contributed by atoms with Gasteiger partial charge in [-0.15, -0.1) is 0 Å². The number of amides is 1. The van der Waals surface area contributed by atoms with Crippen molar-refractivity contribution >= 4 is 11.7 Å². The van der Waals surface area contributed by atoms with Crippen molar-refractivity contribution < 1.29 is 28.6 Å². The Morgan fingerprint density at radius 1 is 1.00 bits per heavy atom. The van der Waals surface area contributed by atoms with Crippen LogP contribution in [-0.4, -0.2) is 66.0 Å². The number of furan rings is 1. The van der Waals surface area contributed by atoms with E-state index in [2.05, 4.69) is 4.90 Å². The molecule has 1 aromatic heterocycles. The average Bonchev–Trinajstić information content (AvgIpc) is 3.49. The number of aliphatic hydroxyl groups is 1. The van der Waals surface area contributed by atoms with Crippen molar-refractivity contribution in [3.8, 4) is 5.75 Å². The fourth-order valence-corrected chi connectivity index (χ4v) is 4.93. The van der Waals surface area contributed by atoms with E-state index >= 15 is 0 Å². The standard InChI is InChI=1S/C30H32N2O6/c1-21-8-13-25(38-21)28(33)26-27(23-9-11-24(12-10-23)37-20-22-6-3-2-4-7-22)32(30(35)29(26)34)15-5-14-31-16-18-36-19-17-31/h2-4,6-13,27,34H,5,14-20H2,1H3. The van der Waals surface area contributed by atoms with Crippen LogP contribution in [0, 0.1) is 6.92 Å². The maximum Gasteiger partial charge on any atom is 0.290 e. The second kappa shape index (κ2) is 11.7. The Morgan fingerprint density at radius 3 is 2.42 bits per heavy atom. The molecule has 5 rings (SSSR count). The Labute approximate surface area is 222 Å². The molecule has 1 saturated heterocycles. The summed E-state index contributed by atoms with van der Waals surface area (Å²) in [5.41, 5.74) is 1.81. The number of aliphatic hydroxyl groups excluding tert-OH is 1. The van der Waals surface area contributed by atoms with Gasteiger partial charge in [0.15, 0.2) is 11.5 Å². The van der Waals surface area contributed by atoms with Gasteiger partial charge in [-0.1, -0.05) is 42.5 Å². The minimum Gasteiger partial charge on any atom is -0.503 e. The zero-order valence-corrected chi connectivity index (χ0v) is 21.5. The first-order valence-electron chi connectivity index (χ1n) is 12.9. The predicted octanol–water partition coefficient (Wildman–Crippen LogP) is 4.47. The number of rotatable bonds is 10. The summed E-state index contributed by atoms with van der Waals surface area (Å²) in [6.45, 7) is 6.48. The lowest BCUT2D eigenvalue weighted by Crippen LogP contribution is -2.39. The van der Waals surface area contributed by atoms with Gasteiger partial charge in [0.05, 0.1) is 24.8 Å². The Hall–Kier alpha value is -3.88. The van der Waals surface area contributed by atoms with Crippen molar-refractivity contribution in [2.45, 2.75) is 26.0 Å². The molecule has 2 aliphatic heterocycles. The van der Waals surface area contributed by atoms with Crippen LogP contribution < -0.4 is 4.74 Å². The summed E-state index contributed by atoms with van der Waals surface area (Å²) in [5, 5.41) is 10.9. The average molecular weight is 517 g/mol. The second-order valence-corrected chi connectivity index (χ2v) is 9.55. The second-order valence-electron chi connectivity index (χ2n) is 9.55. The third kappa shape index (κ3) is 5.66. The molecule has 2 aliphatic rings. The van der Waals surface area contributed by atoms with Gasteiger partial charge < -0.3 is 23.9 Å². The van der Waals surface area contributed by atoms with Crippen LogP contribution in [0.4, 0.5) is 0 Å². The number of nitrogens with zero attached hydrogens (tertiary/aromatic N) is 2. The van der Waals surface area contributed by atoms with E-state index in [1.165, 1.54) is 0 Å². The molecule has 0 radical (unpaired) electrons. The van der Waals surface area contributed by atoms with Crippen LogP contribution in [0.3, 0.4) is 0 Å². The Morgan fingerprint density at radius 2 is 1.74 bits per heavy atom. The fourth-order valence-electron chi connectivity index (χ4n) is 4.93. The van der Waals surface area contributed by atoms with Crippen molar-refractivity contribution in [2.24, 2.45) is 0 Å². The van der Waals surface area contributed by atoms with Crippen molar-refractivity contribution in [1.82, 2.24) is 9.80 Å². The highest BCUT2D eigenvalue weighted by atomic mass is 16.5. The molecule has 198 valence electrons. The van der Waals surface area contributed by atoms with Crippen molar-refractivity contribution in [2.75, 3.05) is 39.4 Å². The molecule has 38 heavy (non-hydrogen) atoms. The maximum atomic E-state index is 13.5. The first kappa shape index (κ1) is 25.8. The number of benzene rings is 2. The number of hydrogen-bond donors (Lipinski definition) is 1. The third-order valence-electron chi connectivity index (χ3n) is 6.93. The number of hydrogen-bond acceptors (Lipinski definition) is 7. The predicted molar refractivity (Wildman–Crippen MR) is 141 cm³/mol. The first-order chi connectivity index (χ1) is 18.5.